The Morgan fingerprint density at radius 1 is 0.889 bits per heavy atom. The number of amides is 1. The van der Waals surface area contributed by atoms with Crippen LogP contribution in [0.4, 0.5) is 11.4 Å². The SMILES string of the molecule is CCc1nc2ccc(Cl)cn2c1C.Cc1ccc(N2CCN(c3ccc(CNC=O)cc3)CC2)cc1. The number of hydrogen-bond acceptors (Lipinski definition) is 4. The van der Waals surface area contributed by atoms with Crippen LogP contribution in [0.25, 0.3) is 5.65 Å². The summed E-state index contributed by atoms with van der Waals surface area (Å²) in [5.41, 5.74) is 8.28. The Kier molecular flexibility index (Phi) is 8.49. The molecule has 0 saturated carbocycles. The lowest BCUT2D eigenvalue weighted by molar-refractivity contribution is -0.109. The first-order chi connectivity index (χ1) is 17.5. The third-order valence-electron chi connectivity index (χ3n) is 6.62. The fourth-order valence-electron chi connectivity index (χ4n) is 4.48. The number of hydrogen-bond donors (Lipinski definition) is 1. The number of piperazine rings is 1. The molecule has 2 aromatic heterocycles. The molecule has 36 heavy (non-hydrogen) atoms. The summed E-state index contributed by atoms with van der Waals surface area (Å²) in [7, 11) is 0. The molecule has 0 bridgehead atoms. The molecule has 1 saturated heterocycles. The van der Waals surface area contributed by atoms with Crippen molar-refractivity contribution in [3.8, 4) is 0 Å². The highest BCUT2D eigenvalue weighted by atomic mass is 35.5. The van der Waals surface area contributed by atoms with Gasteiger partial charge in [0.1, 0.15) is 5.65 Å². The van der Waals surface area contributed by atoms with Gasteiger partial charge in [0.15, 0.2) is 0 Å². The molecule has 2 aromatic carbocycles. The summed E-state index contributed by atoms with van der Waals surface area (Å²) in [6, 6.07) is 21.0. The molecule has 4 aromatic rings. The highest BCUT2D eigenvalue weighted by molar-refractivity contribution is 6.30. The second-order valence-electron chi connectivity index (χ2n) is 9.05. The minimum absolute atomic E-state index is 0.588. The van der Waals surface area contributed by atoms with Crippen molar-refractivity contribution in [1.29, 1.82) is 0 Å². The Hall–Kier alpha value is -3.51. The summed E-state index contributed by atoms with van der Waals surface area (Å²) in [5.74, 6) is 0. The van der Waals surface area contributed by atoms with Crippen molar-refractivity contribution >= 4 is 35.0 Å². The quantitative estimate of drug-likeness (QED) is 0.357. The van der Waals surface area contributed by atoms with Gasteiger partial charge in [-0.1, -0.05) is 48.4 Å². The summed E-state index contributed by atoms with van der Waals surface area (Å²) in [5, 5.41) is 3.44. The molecule has 1 fully saturated rings. The first-order valence-corrected chi connectivity index (χ1v) is 12.8. The highest BCUT2D eigenvalue weighted by Gasteiger charge is 2.17. The number of carbonyl (C=O) groups is 1. The topological polar surface area (TPSA) is 52.9 Å². The second-order valence-corrected chi connectivity index (χ2v) is 9.48. The molecule has 0 radical (unpaired) electrons. The molecule has 1 aliphatic rings. The maximum absolute atomic E-state index is 10.3. The normalized spacial score (nSPS) is 13.3. The van der Waals surface area contributed by atoms with E-state index >= 15 is 0 Å². The lowest BCUT2D eigenvalue weighted by Crippen LogP contribution is -2.46. The average molecular weight is 504 g/mol. The number of benzene rings is 2. The third-order valence-corrected chi connectivity index (χ3v) is 6.85. The van der Waals surface area contributed by atoms with Crippen LogP contribution in [0.5, 0.6) is 0 Å². The van der Waals surface area contributed by atoms with Crippen LogP contribution >= 0.6 is 11.6 Å². The molecule has 1 aliphatic heterocycles. The second kappa shape index (κ2) is 12.0. The Morgan fingerprint density at radius 3 is 2.03 bits per heavy atom. The summed E-state index contributed by atoms with van der Waals surface area (Å²) in [6.45, 7) is 11.0. The fourth-order valence-corrected chi connectivity index (χ4v) is 4.64. The molecule has 7 heteroatoms. The van der Waals surface area contributed by atoms with Crippen LogP contribution in [0.1, 0.15) is 29.4 Å². The number of carbonyl (C=O) groups excluding carboxylic acids is 1. The van der Waals surface area contributed by atoms with E-state index in [1.54, 1.807) is 0 Å². The third kappa shape index (κ3) is 6.18. The number of nitrogens with zero attached hydrogens (tertiary/aromatic N) is 4. The van der Waals surface area contributed by atoms with E-state index in [0.29, 0.717) is 6.54 Å². The van der Waals surface area contributed by atoms with Crippen molar-refractivity contribution in [1.82, 2.24) is 14.7 Å². The molecular formula is C29H34ClN5O. The maximum atomic E-state index is 10.3. The number of fused-ring (bicyclic) bond motifs is 1. The molecule has 0 spiro atoms. The van der Waals surface area contributed by atoms with Gasteiger partial charge in [-0.3, -0.25) is 4.79 Å². The molecule has 0 atom stereocenters. The number of aryl methyl sites for hydroxylation is 3. The standard InChI is InChI=1S/C19H23N3O.C10H11ClN2/c1-16-2-6-18(7-3-16)21-10-12-22(13-11-21)19-8-4-17(5-9-19)14-20-15-23;1-3-9-7(2)13-6-8(11)4-5-10(13)12-9/h2-9,15H,10-14H2,1H3,(H,20,23);4-6H,3H2,1-2H3. The number of halogens is 1. The minimum Gasteiger partial charge on any atom is -0.368 e. The Balaban J connectivity index is 0.000000197. The Labute approximate surface area is 218 Å². The van der Waals surface area contributed by atoms with E-state index in [-0.39, 0.29) is 0 Å². The van der Waals surface area contributed by atoms with Gasteiger partial charge in [0, 0.05) is 56.0 Å². The summed E-state index contributed by atoms with van der Waals surface area (Å²) < 4.78 is 2.03. The van der Waals surface area contributed by atoms with Crippen LogP contribution in [0, 0.1) is 13.8 Å². The predicted molar refractivity (Wildman–Crippen MR) is 149 cm³/mol. The van der Waals surface area contributed by atoms with Crippen molar-refractivity contribution in [2.24, 2.45) is 0 Å². The summed E-state index contributed by atoms with van der Waals surface area (Å²) >= 11 is 5.89. The fraction of sp³-hybridized carbons (Fsp3) is 0.310. The first-order valence-electron chi connectivity index (χ1n) is 12.4. The van der Waals surface area contributed by atoms with Crippen molar-refractivity contribution in [3.63, 3.8) is 0 Å². The van der Waals surface area contributed by atoms with E-state index in [1.165, 1.54) is 22.6 Å². The van der Waals surface area contributed by atoms with Crippen molar-refractivity contribution in [2.75, 3.05) is 36.0 Å². The van der Waals surface area contributed by atoms with Gasteiger partial charge < -0.3 is 19.5 Å². The zero-order chi connectivity index (χ0) is 25.5. The van der Waals surface area contributed by atoms with E-state index in [4.69, 9.17) is 11.6 Å². The first kappa shape index (κ1) is 25.6. The lowest BCUT2D eigenvalue weighted by Gasteiger charge is -2.37. The van der Waals surface area contributed by atoms with Crippen molar-refractivity contribution < 1.29 is 4.79 Å². The van der Waals surface area contributed by atoms with Crippen LogP contribution in [-0.2, 0) is 17.8 Å². The van der Waals surface area contributed by atoms with Gasteiger partial charge in [-0.05, 0) is 62.2 Å². The summed E-state index contributed by atoms with van der Waals surface area (Å²) in [6.07, 6.45) is 3.60. The van der Waals surface area contributed by atoms with Gasteiger partial charge in [-0.25, -0.2) is 4.98 Å². The molecule has 1 amide bonds. The molecular weight excluding hydrogens is 470 g/mol. The zero-order valence-corrected chi connectivity index (χ0v) is 22.0. The van der Waals surface area contributed by atoms with Crippen molar-refractivity contribution in [3.05, 3.63) is 94.4 Å². The smallest absolute Gasteiger partial charge is 0.207 e. The van der Waals surface area contributed by atoms with E-state index in [1.807, 2.05) is 22.7 Å². The van der Waals surface area contributed by atoms with E-state index in [2.05, 4.69) is 89.4 Å². The van der Waals surface area contributed by atoms with Gasteiger partial charge in [0.05, 0.1) is 10.7 Å². The number of rotatable bonds is 6. The molecule has 0 unspecified atom stereocenters. The number of aromatic nitrogens is 2. The minimum atomic E-state index is 0.588. The number of pyridine rings is 1. The van der Waals surface area contributed by atoms with Crippen LogP contribution < -0.4 is 15.1 Å². The predicted octanol–water partition coefficient (Wildman–Crippen LogP) is 5.43. The van der Waals surface area contributed by atoms with Gasteiger partial charge in [-0.15, -0.1) is 0 Å². The Morgan fingerprint density at radius 2 is 1.47 bits per heavy atom. The van der Waals surface area contributed by atoms with Crippen molar-refractivity contribution in [2.45, 2.75) is 33.7 Å². The molecule has 5 rings (SSSR count). The molecule has 3 heterocycles. The molecule has 6 nitrogen and oxygen atoms in total. The summed E-state index contributed by atoms with van der Waals surface area (Å²) in [4.78, 5) is 19.7. The molecule has 188 valence electrons. The van der Waals surface area contributed by atoms with E-state index in [0.717, 1.165) is 60.9 Å². The van der Waals surface area contributed by atoms with E-state index in [9.17, 15) is 4.79 Å². The largest absolute Gasteiger partial charge is 0.368 e. The van der Waals surface area contributed by atoms with Gasteiger partial charge in [0.2, 0.25) is 6.41 Å². The van der Waals surface area contributed by atoms with E-state index < -0.39 is 0 Å². The maximum Gasteiger partial charge on any atom is 0.207 e. The number of anilines is 2. The van der Waals surface area contributed by atoms with Crippen LogP contribution in [0.3, 0.4) is 0 Å². The van der Waals surface area contributed by atoms with Gasteiger partial charge in [-0.2, -0.15) is 0 Å². The Bertz CT molecular complexity index is 1280. The number of nitrogens with one attached hydrogen (secondary N) is 1. The van der Waals surface area contributed by atoms with Crippen LogP contribution in [-0.4, -0.2) is 42.0 Å². The van der Waals surface area contributed by atoms with Gasteiger partial charge >= 0.3 is 0 Å². The monoisotopic (exact) mass is 503 g/mol. The lowest BCUT2D eigenvalue weighted by atomic mass is 10.1. The van der Waals surface area contributed by atoms with Gasteiger partial charge in [0.25, 0.3) is 0 Å². The average Bonchev–Trinajstić information content (AvgIpc) is 3.23. The number of imidazole rings is 1. The molecule has 0 aliphatic carbocycles. The van der Waals surface area contributed by atoms with Crippen LogP contribution in [0.15, 0.2) is 66.9 Å². The van der Waals surface area contributed by atoms with Crippen LogP contribution in [0.2, 0.25) is 5.02 Å². The zero-order valence-electron chi connectivity index (χ0n) is 21.2. The highest BCUT2D eigenvalue weighted by Crippen LogP contribution is 2.21. The molecule has 1 N–H and O–H groups in total.